The standard InChI is InChI=1S/C15H13ClN6O3S.C9H8N6O3.C7H9ClS.C6H5ClO2S.C6H7ClOS/c1-20-7-17-13-12(20)14(23)21(8-18-13)6-11-19-22(15(24)25-11)5-4-9-2-3-10(16)26-9;1-14-3-10-7-6(14)8(16)15(4-11-7)2-5-12-13-9(17)18-5;1-2-3-6-4-5-7(8)9-6;7-5-2-1-4(10-5)3-6(8)9;7-6-2-1-5(9-6)3-4-8/h2-3,7-8H,4-6H2,1H3;3-4H,2H2,1H3,(H,13,17);4-5H,2-3H2,1H3;1-2H,3H2,(H,8,9);1-2,8H,3-4H2. The predicted molar refractivity (Wildman–Crippen MR) is 279 cm³/mol. The van der Waals surface area contributed by atoms with E-state index in [2.05, 4.69) is 48.2 Å². The molecular formula is C43H42Cl4N12O9S4. The molecule has 21 nitrogen and oxygen atoms in total. The van der Waals surface area contributed by atoms with Crippen LogP contribution in [0.2, 0.25) is 17.3 Å². The zero-order valence-corrected chi connectivity index (χ0v) is 44.4. The highest BCUT2D eigenvalue weighted by atomic mass is 35.5. The number of imidazole rings is 2. The number of thiophene rings is 4. The molecule has 10 heterocycles. The number of aliphatic hydroxyl groups is 1. The molecule has 380 valence electrons. The Hall–Kier alpha value is -6.03. The lowest BCUT2D eigenvalue weighted by molar-refractivity contribution is -0.136. The maximum absolute atomic E-state index is 12.5. The smallest absolute Gasteiger partial charge is 0.437 e. The van der Waals surface area contributed by atoms with Crippen molar-refractivity contribution in [3.63, 3.8) is 0 Å². The summed E-state index contributed by atoms with van der Waals surface area (Å²) in [6.45, 7) is 2.79. The van der Waals surface area contributed by atoms with Gasteiger partial charge in [-0.1, -0.05) is 59.7 Å². The van der Waals surface area contributed by atoms with Crippen molar-refractivity contribution in [2.24, 2.45) is 14.1 Å². The Labute approximate surface area is 442 Å². The van der Waals surface area contributed by atoms with Gasteiger partial charge in [-0.25, -0.2) is 34.6 Å². The van der Waals surface area contributed by atoms with Crippen LogP contribution < -0.4 is 22.6 Å². The van der Waals surface area contributed by atoms with Gasteiger partial charge in [-0.2, -0.15) is 4.68 Å². The molecule has 0 atom stereocenters. The number of aliphatic hydroxyl groups excluding tert-OH is 1. The van der Waals surface area contributed by atoms with E-state index in [1.807, 2.05) is 30.3 Å². The van der Waals surface area contributed by atoms with Crippen LogP contribution in [0.25, 0.3) is 22.3 Å². The second-order valence-electron chi connectivity index (χ2n) is 14.8. The van der Waals surface area contributed by atoms with Gasteiger partial charge in [0.05, 0.1) is 43.0 Å². The number of aliphatic carboxylic acids is 1. The van der Waals surface area contributed by atoms with Gasteiger partial charge in [0.25, 0.3) is 11.1 Å². The zero-order chi connectivity index (χ0) is 51.9. The van der Waals surface area contributed by atoms with E-state index < -0.39 is 17.5 Å². The first-order chi connectivity index (χ1) is 34.5. The molecule has 0 radical (unpaired) electrons. The van der Waals surface area contributed by atoms with E-state index >= 15 is 0 Å². The minimum atomic E-state index is -0.821. The lowest BCUT2D eigenvalue weighted by atomic mass is 10.3. The van der Waals surface area contributed by atoms with E-state index in [4.69, 9.17) is 65.5 Å². The van der Waals surface area contributed by atoms with Crippen molar-refractivity contribution in [2.45, 2.75) is 58.7 Å². The Balaban J connectivity index is 0.000000159. The number of H-pyrrole nitrogens is 1. The Morgan fingerprint density at radius 1 is 0.639 bits per heavy atom. The fourth-order valence-electron chi connectivity index (χ4n) is 6.17. The molecular weight excluding hydrogens is 1100 g/mol. The van der Waals surface area contributed by atoms with Crippen molar-refractivity contribution >= 4 is 120 Å². The molecule has 0 fully saturated rings. The second kappa shape index (κ2) is 26.6. The summed E-state index contributed by atoms with van der Waals surface area (Å²) >= 11 is 28.8. The average molecular weight is 1140 g/mol. The number of carbonyl (C=O) groups is 1. The van der Waals surface area contributed by atoms with E-state index in [0.29, 0.717) is 44.0 Å². The van der Waals surface area contributed by atoms with Crippen LogP contribution in [0.5, 0.6) is 0 Å². The van der Waals surface area contributed by atoms with Gasteiger partial charge in [-0.05, 0) is 55.0 Å². The number of hydrogen-bond acceptors (Lipinski definition) is 18. The van der Waals surface area contributed by atoms with Gasteiger partial charge in [0, 0.05) is 53.1 Å². The Morgan fingerprint density at radius 2 is 1.10 bits per heavy atom. The Bertz CT molecular complexity index is 3550. The number of nitrogens with zero attached hydrogens (tertiary/aromatic N) is 11. The van der Waals surface area contributed by atoms with Crippen molar-refractivity contribution < 1.29 is 23.8 Å². The van der Waals surface area contributed by atoms with Crippen LogP contribution in [0.3, 0.4) is 0 Å². The van der Waals surface area contributed by atoms with E-state index in [9.17, 15) is 24.0 Å². The van der Waals surface area contributed by atoms with Gasteiger partial charge in [-0.15, -0.1) is 55.5 Å². The number of halogens is 4. The number of hydrogen-bond donors (Lipinski definition) is 3. The molecule has 0 saturated heterocycles. The van der Waals surface area contributed by atoms with Crippen LogP contribution in [0.4, 0.5) is 0 Å². The van der Waals surface area contributed by atoms with E-state index in [1.54, 1.807) is 46.7 Å². The molecule has 72 heavy (non-hydrogen) atoms. The highest BCUT2D eigenvalue weighted by Crippen LogP contribution is 2.24. The first-order valence-electron chi connectivity index (χ1n) is 21.1. The third-order valence-corrected chi connectivity index (χ3v) is 14.5. The highest BCUT2D eigenvalue weighted by Gasteiger charge is 2.15. The number of rotatable bonds is 13. The number of nitrogens with one attached hydrogen (secondary N) is 1. The van der Waals surface area contributed by atoms with Crippen LogP contribution in [-0.2, 0) is 64.2 Å². The first-order valence-corrected chi connectivity index (χ1v) is 25.9. The number of carboxylic acids is 1. The summed E-state index contributed by atoms with van der Waals surface area (Å²) in [5.41, 5.74) is 0.961. The maximum atomic E-state index is 12.5. The number of fused-ring (bicyclic) bond motifs is 2. The van der Waals surface area contributed by atoms with Gasteiger partial charge in [0.15, 0.2) is 22.3 Å². The van der Waals surface area contributed by atoms with Crippen LogP contribution in [0, 0.1) is 0 Å². The molecule has 0 spiro atoms. The fourth-order valence-corrected chi connectivity index (χ4v) is 10.6. The van der Waals surface area contributed by atoms with Gasteiger partial charge in [-0.3, -0.25) is 23.5 Å². The number of aromatic nitrogens is 12. The summed E-state index contributed by atoms with van der Waals surface area (Å²) in [7, 11) is 3.42. The molecule has 0 unspecified atom stereocenters. The van der Waals surface area contributed by atoms with Gasteiger partial charge >= 0.3 is 17.5 Å². The molecule has 10 rings (SSSR count). The fraction of sp³-hybridized carbons (Fsp3) is 0.279. The largest absolute Gasteiger partial charge is 0.481 e. The van der Waals surface area contributed by atoms with Crippen molar-refractivity contribution in [3.8, 4) is 0 Å². The minimum absolute atomic E-state index is 0.0139. The molecule has 0 saturated carbocycles. The quantitative estimate of drug-likeness (QED) is 0.101. The Morgan fingerprint density at radius 3 is 1.53 bits per heavy atom. The normalized spacial score (nSPS) is 10.8. The molecule has 0 aromatic carbocycles. The summed E-state index contributed by atoms with van der Waals surface area (Å²) < 4.78 is 20.0. The summed E-state index contributed by atoms with van der Waals surface area (Å²) in [5, 5.41) is 26.7. The molecule has 0 aliphatic rings. The van der Waals surface area contributed by atoms with Crippen molar-refractivity contribution in [1.82, 2.24) is 58.2 Å². The number of aryl methyl sites for hydroxylation is 5. The molecule has 10 aromatic rings. The third kappa shape index (κ3) is 16.0. The van der Waals surface area contributed by atoms with Crippen LogP contribution in [0.1, 0.15) is 44.6 Å². The third-order valence-electron chi connectivity index (χ3n) is 9.41. The van der Waals surface area contributed by atoms with E-state index in [1.165, 1.54) is 84.4 Å². The summed E-state index contributed by atoms with van der Waals surface area (Å²) in [6, 6.07) is 15.0. The van der Waals surface area contributed by atoms with Crippen LogP contribution in [-0.4, -0.2) is 81.0 Å². The summed E-state index contributed by atoms with van der Waals surface area (Å²) in [6.07, 6.45) is 9.51. The second-order valence-corrected chi connectivity index (χ2v) is 22.0. The van der Waals surface area contributed by atoms with Gasteiger partial charge in [0.2, 0.25) is 11.8 Å². The van der Waals surface area contributed by atoms with Crippen molar-refractivity contribution in [2.75, 3.05) is 6.61 Å². The van der Waals surface area contributed by atoms with Gasteiger partial charge < -0.3 is 28.2 Å². The van der Waals surface area contributed by atoms with Crippen LogP contribution >= 0.6 is 91.8 Å². The molecule has 3 N–H and O–H groups in total. The molecule has 0 aliphatic carbocycles. The molecule has 29 heteroatoms. The highest BCUT2D eigenvalue weighted by molar-refractivity contribution is 7.17. The first kappa shape index (κ1) is 55.3. The predicted octanol–water partition coefficient (Wildman–Crippen LogP) is 7.46. The Kier molecular flexibility index (Phi) is 20.4. The molecule has 0 bridgehead atoms. The molecule has 0 amide bonds. The van der Waals surface area contributed by atoms with Gasteiger partial charge in [0.1, 0.15) is 25.7 Å². The summed E-state index contributed by atoms with van der Waals surface area (Å²) in [4.78, 5) is 78.1. The average Bonchev–Trinajstić information content (AvgIpc) is 4.22. The minimum Gasteiger partial charge on any atom is -0.481 e. The molecule has 10 aromatic heterocycles. The number of aromatic amines is 1. The van der Waals surface area contributed by atoms with E-state index in [-0.39, 0.29) is 49.0 Å². The van der Waals surface area contributed by atoms with Crippen LogP contribution in [0.15, 0.2) is 102 Å². The molecule has 0 aliphatic heterocycles. The van der Waals surface area contributed by atoms with Crippen molar-refractivity contribution in [1.29, 1.82) is 0 Å². The lowest BCUT2D eigenvalue weighted by Gasteiger charge is -2.02. The topological polar surface area (TPSA) is 270 Å². The maximum Gasteiger partial charge on any atom is 0.437 e. The van der Waals surface area contributed by atoms with Crippen molar-refractivity contribution in [3.05, 3.63) is 164 Å². The SMILES string of the molecule is CCCc1ccc(Cl)s1.Cn1cnc2ncn(Cc3n[nH]c(=O)o3)c(=O)c21.Cn1cnc2ncn(Cc3nn(CCc4ccc(Cl)s4)c(=O)o3)c(=O)c21.O=C(O)Cc1ccc(Cl)s1.OCCc1ccc(Cl)s1. The monoisotopic (exact) mass is 1140 g/mol. The summed E-state index contributed by atoms with van der Waals surface area (Å²) in [5.74, 6) is -1.79. The lowest BCUT2D eigenvalue weighted by Crippen LogP contribution is -2.22. The zero-order valence-electron chi connectivity index (χ0n) is 38.1. The number of carboxylic acid groups (broad SMARTS) is 1. The van der Waals surface area contributed by atoms with E-state index in [0.717, 1.165) is 36.1 Å².